The maximum absolute atomic E-state index is 11.8. The Kier molecular flexibility index (Phi) is 5.22. The van der Waals surface area contributed by atoms with Crippen molar-refractivity contribution in [2.45, 2.75) is 38.5 Å². The average Bonchev–Trinajstić information content (AvgIpc) is 2.53. The quantitative estimate of drug-likeness (QED) is 0.765. The summed E-state index contributed by atoms with van der Waals surface area (Å²) in [5.74, 6) is 1.23. The summed E-state index contributed by atoms with van der Waals surface area (Å²) in [4.78, 5) is 11.8. The lowest BCUT2D eigenvalue weighted by Gasteiger charge is -2.21. The number of carbonyl (C=O) groups excluding carboxylic acids is 1. The van der Waals surface area contributed by atoms with E-state index < -0.39 is 0 Å². The lowest BCUT2D eigenvalue weighted by atomic mass is 9.84. The number of hydrogen-bond acceptors (Lipinski definition) is 3. The highest BCUT2D eigenvalue weighted by molar-refractivity contribution is 5.88. The Morgan fingerprint density at radius 2 is 2.05 bits per heavy atom. The molecule has 0 heterocycles. The van der Waals surface area contributed by atoms with Crippen molar-refractivity contribution in [2.75, 3.05) is 13.7 Å². The Labute approximate surface area is 120 Å². The molecule has 0 saturated heterocycles. The summed E-state index contributed by atoms with van der Waals surface area (Å²) < 4.78 is 10.3. The molecule has 1 aliphatic carbocycles. The van der Waals surface area contributed by atoms with Crippen molar-refractivity contribution in [1.82, 2.24) is 0 Å². The van der Waals surface area contributed by atoms with Crippen molar-refractivity contribution >= 4 is 5.97 Å². The zero-order valence-electron chi connectivity index (χ0n) is 12.2. The van der Waals surface area contributed by atoms with Crippen LogP contribution in [0.3, 0.4) is 0 Å². The van der Waals surface area contributed by atoms with E-state index >= 15 is 0 Å². The van der Waals surface area contributed by atoms with Crippen molar-refractivity contribution in [3.63, 3.8) is 0 Å². The molecule has 0 fully saturated rings. The summed E-state index contributed by atoms with van der Waals surface area (Å²) >= 11 is 0. The van der Waals surface area contributed by atoms with Crippen LogP contribution in [0.15, 0.2) is 35.9 Å². The van der Waals surface area contributed by atoms with Crippen LogP contribution < -0.4 is 4.74 Å². The second-order valence-electron chi connectivity index (χ2n) is 5.11. The van der Waals surface area contributed by atoms with Crippen LogP contribution in [-0.4, -0.2) is 19.7 Å². The van der Waals surface area contributed by atoms with Crippen LogP contribution in [0.4, 0.5) is 0 Å². The van der Waals surface area contributed by atoms with Gasteiger partial charge < -0.3 is 9.47 Å². The Bertz CT molecular complexity index is 474. The van der Waals surface area contributed by atoms with Gasteiger partial charge in [-0.05, 0) is 49.3 Å². The highest BCUT2D eigenvalue weighted by Crippen LogP contribution is 2.33. The molecule has 1 atom stereocenters. The maximum atomic E-state index is 11.8. The van der Waals surface area contributed by atoms with Gasteiger partial charge in [-0.15, -0.1) is 0 Å². The van der Waals surface area contributed by atoms with Gasteiger partial charge >= 0.3 is 5.97 Å². The molecule has 20 heavy (non-hydrogen) atoms. The molecular formula is C17H22O3. The van der Waals surface area contributed by atoms with Gasteiger partial charge in [-0.3, -0.25) is 0 Å². The van der Waals surface area contributed by atoms with Gasteiger partial charge in [-0.2, -0.15) is 0 Å². The predicted octanol–water partition coefficient (Wildman–Crippen LogP) is 3.84. The van der Waals surface area contributed by atoms with Crippen molar-refractivity contribution in [3.8, 4) is 5.75 Å². The van der Waals surface area contributed by atoms with Gasteiger partial charge in [-0.1, -0.05) is 25.1 Å². The second-order valence-corrected chi connectivity index (χ2v) is 5.11. The third-order valence-electron chi connectivity index (χ3n) is 3.70. The fourth-order valence-corrected chi connectivity index (χ4v) is 2.49. The number of carbonyl (C=O) groups is 1. The van der Waals surface area contributed by atoms with Crippen LogP contribution in [0.1, 0.15) is 44.1 Å². The highest BCUT2D eigenvalue weighted by atomic mass is 16.5. The number of esters is 1. The zero-order chi connectivity index (χ0) is 14.4. The van der Waals surface area contributed by atoms with Crippen molar-refractivity contribution in [2.24, 2.45) is 0 Å². The van der Waals surface area contributed by atoms with Crippen molar-refractivity contribution in [1.29, 1.82) is 0 Å². The molecule has 108 valence electrons. The third kappa shape index (κ3) is 3.62. The molecular weight excluding hydrogens is 252 g/mol. The van der Waals surface area contributed by atoms with E-state index in [-0.39, 0.29) is 5.97 Å². The van der Waals surface area contributed by atoms with Gasteiger partial charge in [0.05, 0.1) is 13.7 Å². The van der Waals surface area contributed by atoms with E-state index in [9.17, 15) is 4.79 Å². The van der Waals surface area contributed by atoms with Crippen molar-refractivity contribution in [3.05, 3.63) is 41.5 Å². The number of hydrogen-bond donors (Lipinski definition) is 0. The monoisotopic (exact) mass is 274 g/mol. The molecule has 3 heteroatoms. The van der Waals surface area contributed by atoms with Gasteiger partial charge in [-0.25, -0.2) is 4.79 Å². The number of benzene rings is 1. The van der Waals surface area contributed by atoms with E-state index in [2.05, 4.69) is 12.1 Å². The smallest absolute Gasteiger partial charge is 0.333 e. The van der Waals surface area contributed by atoms with Crippen LogP contribution in [-0.2, 0) is 9.53 Å². The Morgan fingerprint density at radius 3 is 2.60 bits per heavy atom. The molecule has 1 unspecified atom stereocenters. The first kappa shape index (κ1) is 14.6. The molecule has 0 saturated carbocycles. The van der Waals surface area contributed by atoms with E-state index in [1.807, 2.05) is 25.1 Å². The molecule has 0 amide bonds. The zero-order valence-corrected chi connectivity index (χ0v) is 12.2. The number of rotatable bonds is 5. The average molecular weight is 274 g/mol. The molecule has 1 aliphatic rings. The van der Waals surface area contributed by atoms with E-state index in [4.69, 9.17) is 9.47 Å². The Balaban J connectivity index is 1.95. The minimum absolute atomic E-state index is 0.139. The molecule has 0 aliphatic heterocycles. The van der Waals surface area contributed by atoms with Crippen LogP contribution in [0.5, 0.6) is 5.75 Å². The summed E-state index contributed by atoms with van der Waals surface area (Å²) in [6.07, 6.45) is 5.62. The molecule has 3 nitrogen and oxygen atoms in total. The normalized spacial score (nSPS) is 18.3. The van der Waals surface area contributed by atoms with Gasteiger partial charge in [0.2, 0.25) is 0 Å². The first-order chi connectivity index (χ1) is 9.74. The van der Waals surface area contributed by atoms with Crippen LogP contribution in [0.2, 0.25) is 0 Å². The van der Waals surface area contributed by atoms with E-state index in [0.29, 0.717) is 12.5 Å². The lowest BCUT2D eigenvalue weighted by molar-refractivity contribution is -0.139. The van der Waals surface area contributed by atoms with E-state index in [1.165, 1.54) is 5.56 Å². The van der Waals surface area contributed by atoms with Gasteiger partial charge in [0.15, 0.2) is 0 Å². The third-order valence-corrected chi connectivity index (χ3v) is 3.70. The number of ether oxygens (including phenoxy) is 2. The standard InChI is InChI=1S/C17H22O3/c1-3-12-20-17(18)15-6-4-13(5-7-15)14-8-10-16(19-2)11-9-14/h6,8-11,13H,3-5,7,12H2,1-2H3. The fourth-order valence-electron chi connectivity index (χ4n) is 2.49. The van der Waals surface area contributed by atoms with Gasteiger partial charge in [0, 0.05) is 5.57 Å². The summed E-state index contributed by atoms with van der Waals surface area (Å²) in [5.41, 5.74) is 2.14. The highest BCUT2D eigenvalue weighted by Gasteiger charge is 2.20. The largest absolute Gasteiger partial charge is 0.497 e. The molecule has 0 bridgehead atoms. The molecule has 0 radical (unpaired) electrons. The SMILES string of the molecule is CCCOC(=O)C1=CCC(c2ccc(OC)cc2)CC1. The fraction of sp³-hybridized carbons (Fsp3) is 0.471. The topological polar surface area (TPSA) is 35.5 Å². The van der Waals surface area contributed by atoms with E-state index in [0.717, 1.165) is 37.0 Å². The number of methoxy groups -OCH3 is 1. The molecule has 1 aromatic carbocycles. The van der Waals surface area contributed by atoms with Crippen LogP contribution >= 0.6 is 0 Å². The summed E-state index contributed by atoms with van der Waals surface area (Å²) in [5, 5.41) is 0. The van der Waals surface area contributed by atoms with Crippen molar-refractivity contribution < 1.29 is 14.3 Å². The maximum Gasteiger partial charge on any atom is 0.333 e. The van der Waals surface area contributed by atoms with E-state index in [1.54, 1.807) is 7.11 Å². The van der Waals surface area contributed by atoms with Crippen LogP contribution in [0.25, 0.3) is 0 Å². The molecule has 2 rings (SSSR count). The summed E-state index contributed by atoms with van der Waals surface area (Å²) in [6.45, 7) is 2.51. The first-order valence-corrected chi connectivity index (χ1v) is 7.24. The molecule has 0 spiro atoms. The van der Waals surface area contributed by atoms with Crippen LogP contribution in [0, 0.1) is 0 Å². The summed E-state index contributed by atoms with van der Waals surface area (Å²) in [6, 6.07) is 8.20. The van der Waals surface area contributed by atoms with Gasteiger partial charge in [0.25, 0.3) is 0 Å². The Morgan fingerprint density at radius 1 is 1.30 bits per heavy atom. The van der Waals surface area contributed by atoms with Gasteiger partial charge in [0.1, 0.15) is 5.75 Å². The molecule has 0 N–H and O–H groups in total. The predicted molar refractivity (Wildman–Crippen MR) is 78.9 cm³/mol. The number of allylic oxidation sites excluding steroid dienone is 1. The Hall–Kier alpha value is -1.77. The first-order valence-electron chi connectivity index (χ1n) is 7.24. The lowest BCUT2D eigenvalue weighted by Crippen LogP contribution is -2.13. The minimum atomic E-state index is -0.139. The minimum Gasteiger partial charge on any atom is -0.497 e. The second kappa shape index (κ2) is 7.13. The molecule has 1 aromatic rings. The summed E-state index contributed by atoms with van der Waals surface area (Å²) in [7, 11) is 1.67. The molecule has 0 aromatic heterocycles.